The first kappa shape index (κ1) is 16.3. The fourth-order valence-electron chi connectivity index (χ4n) is 2.71. The van der Waals surface area contributed by atoms with Crippen molar-refractivity contribution < 1.29 is 0 Å². The normalized spacial score (nSPS) is 10.8. The van der Waals surface area contributed by atoms with E-state index < -0.39 is 0 Å². The number of aryl methyl sites for hydroxylation is 2. The molecule has 0 aliphatic carbocycles. The van der Waals surface area contributed by atoms with Crippen LogP contribution in [0, 0.1) is 0 Å². The molecule has 0 bridgehead atoms. The molecule has 0 radical (unpaired) electrons. The first-order valence-corrected chi connectivity index (χ1v) is 8.15. The van der Waals surface area contributed by atoms with Crippen molar-refractivity contribution >= 4 is 11.8 Å². The Morgan fingerprint density at radius 3 is 2.36 bits per heavy atom. The molecule has 0 unspecified atom stereocenters. The molecule has 4 nitrogen and oxygen atoms in total. The lowest BCUT2D eigenvalue weighted by Crippen LogP contribution is -2.10. The van der Waals surface area contributed by atoms with Gasteiger partial charge in [0.2, 0.25) is 5.95 Å². The van der Waals surface area contributed by atoms with Crippen molar-refractivity contribution in [1.82, 2.24) is 9.97 Å². The van der Waals surface area contributed by atoms with Crippen molar-refractivity contribution in [3.63, 3.8) is 0 Å². The van der Waals surface area contributed by atoms with E-state index in [1.54, 1.807) is 0 Å². The summed E-state index contributed by atoms with van der Waals surface area (Å²) in [4.78, 5) is 8.55. The first-order valence-electron chi connectivity index (χ1n) is 8.15. The average molecular weight is 298 g/mol. The van der Waals surface area contributed by atoms with Crippen LogP contribution in [0.1, 0.15) is 49.4 Å². The van der Waals surface area contributed by atoms with Crippen LogP contribution in [0.3, 0.4) is 0 Å². The van der Waals surface area contributed by atoms with Gasteiger partial charge in [0, 0.05) is 5.56 Å². The molecule has 0 aliphatic rings. The van der Waals surface area contributed by atoms with Crippen molar-refractivity contribution in [1.29, 1.82) is 0 Å². The summed E-state index contributed by atoms with van der Waals surface area (Å²) >= 11 is 0. The van der Waals surface area contributed by atoms with Crippen LogP contribution in [0.25, 0.3) is 0 Å². The van der Waals surface area contributed by atoms with Crippen LogP contribution in [0.2, 0.25) is 0 Å². The molecule has 22 heavy (non-hydrogen) atoms. The topological polar surface area (TPSA) is 77.8 Å². The molecule has 4 heteroatoms. The zero-order chi connectivity index (χ0) is 15.8. The molecule has 2 aromatic rings. The number of aromatic nitrogens is 2. The lowest BCUT2D eigenvalue weighted by atomic mass is 10.0. The van der Waals surface area contributed by atoms with Gasteiger partial charge in [-0.05, 0) is 37.7 Å². The maximum atomic E-state index is 6.06. The van der Waals surface area contributed by atoms with Crippen molar-refractivity contribution in [3.8, 4) is 0 Å². The Morgan fingerprint density at radius 1 is 0.864 bits per heavy atom. The number of rotatable bonds is 8. The van der Waals surface area contributed by atoms with E-state index in [0.717, 1.165) is 43.4 Å². The minimum absolute atomic E-state index is 0.284. The van der Waals surface area contributed by atoms with Crippen LogP contribution in [0.5, 0.6) is 0 Å². The zero-order valence-corrected chi connectivity index (χ0v) is 13.4. The monoisotopic (exact) mass is 298 g/mol. The molecule has 0 fully saturated rings. The standard InChI is InChI=1S/C18H26N4/c1-2-3-5-12-15-16(21-18(20)22-17(15)19)13-8-11-14-9-6-4-7-10-14/h4,6-7,9-10H,2-3,5,8,11-13H2,1H3,(H4,19,20,21,22). The lowest BCUT2D eigenvalue weighted by molar-refractivity contribution is 0.702. The molecule has 0 saturated carbocycles. The molecule has 1 aromatic heterocycles. The molecule has 2 rings (SSSR count). The predicted octanol–water partition coefficient (Wildman–Crippen LogP) is 3.55. The maximum absolute atomic E-state index is 6.06. The second-order valence-corrected chi connectivity index (χ2v) is 5.69. The quantitative estimate of drug-likeness (QED) is 0.731. The molecule has 0 atom stereocenters. The summed E-state index contributed by atoms with van der Waals surface area (Å²) in [6, 6.07) is 10.5. The van der Waals surface area contributed by atoms with E-state index in [0.29, 0.717) is 5.82 Å². The van der Waals surface area contributed by atoms with Crippen LogP contribution < -0.4 is 11.5 Å². The van der Waals surface area contributed by atoms with Gasteiger partial charge in [-0.3, -0.25) is 0 Å². The SMILES string of the molecule is CCCCCc1c(N)nc(N)nc1CCCc1ccccc1. The fraction of sp³-hybridized carbons (Fsp3) is 0.444. The van der Waals surface area contributed by atoms with Crippen molar-refractivity contribution in [2.45, 2.75) is 51.9 Å². The highest BCUT2D eigenvalue weighted by Crippen LogP contribution is 2.20. The van der Waals surface area contributed by atoms with E-state index in [2.05, 4.69) is 41.2 Å². The first-order chi connectivity index (χ1) is 10.7. The Kier molecular flexibility index (Phi) is 6.19. The maximum Gasteiger partial charge on any atom is 0.222 e. The fourth-order valence-corrected chi connectivity index (χ4v) is 2.71. The minimum atomic E-state index is 0.284. The average Bonchev–Trinajstić information content (AvgIpc) is 2.51. The number of anilines is 2. The third-order valence-electron chi connectivity index (χ3n) is 3.89. The van der Waals surface area contributed by atoms with Gasteiger partial charge in [-0.25, -0.2) is 4.98 Å². The van der Waals surface area contributed by atoms with Crippen LogP contribution in [0.15, 0.2) is 30.3 Å². The summed E-state index contributed by atoms with van der Waals surface area (Å²) in [5.41, 5.74) is 15.3. The van der Waals surface area contributed by atoms with E-state index in [-0.39, 0.29) is 5.95 Å². The molecule has 0 aliphatic heterocycles. The highest BCUT2D eigenvalue weighted by atomic mass is 15.0. The van der Waals surface area contributed by atoms with E-state index in [1.807, 2.05) is 6.07 Å². The zero-order valence-electron chi connectivity index (χ0n) is 13.4. The van der Waals surface area contributed by atoms with Crippen molar-refractivity contribution in [2.75, 3.05) is 11.5 Å². The molecule has 4 N–H and O–H groups in total. The lowest BCUT2D eigenvalue weighted by Gasteiger charge is -2.12. The highest BCUT2D eigenvalue weighted by Gasteiger charge is 2.11. The Labute approximate surface area is 133 Å². The van der Waals surface area contributed by atoms with E-state index >= 15 is 0 Å². The third kappa shape index (κ3) is 4.72. The summed E-state index contributed by atoms with van der Waals surface area (Å²) in [5.74, 6) is 0.838. The predicted molar refractivity (Wildman–Crippen MR) is 92.6 cm³/mol. The van der Waals surface area contributed by atoms with Gasteiger partial charge in [-0.15, -0.1) is 0 Å². The van der Waals surface area contributed by atoms with Gasteiger partial charge in [0.25, 0.3) is 0 Å². The van der Waals surface area contributed by atoms with Gasteiger partial charge in [-0.2, -0.15) is 4.98 Å². The van der Waals surface area contributed by atoms with E-state index in [1.165, 1.54) is 18.4 Å². The van der Waals surface area contributed by atoms with Gasteiger partial charge >= 0.3 is 0 Å². The molecule has 0 saturated heterocycles. The van der Waals surface area contributed by atoms with Crippen LogP contribution in [0.4, 0.5) is 11.8 Å². The Balaban J connectivity index is 2.01. The number of hydrogen-bond donors (Lipinski definition) is 2. The Morgan fingerprint density at radius 2 is 1.64 bits per heavy atom. The molecule has 1 aromatic carbocycles. The minimum Gasteiger partial charge on any atom is -0.383 e. The summed E-state index contributed by atoms with van der Waals surface area (Å²) in [6.45, 7) is 2.20. The van der Waals surface area contributed by atoms with Gasteiger partial charge in [0.1, 0.15) is 5.82 Å². The second-order valence-electron chi connectivity index (χ2n) is 5.69. The van der Waals surface area contributed by atoms with Gasteiger partial charge in [0.15, 0.2) is 0 Å². The highest BCUT2D eigenvalue weighted by molar-refractivity contribution is 5.46. The van der Waals surface area contributed by atoms with Gasteiger partial charge in [-0.1, -0.05) is 50.1 Å². The number of hydrogen-bond acceptors (Lipinski definition) is 4. The summed E-state index contributed by atoms with van der Waals surface area (Å²) in [5, 5.41) is 0. The van der Waals surface area contributed by atoms with Crippen molar-refractivity contribution in [3.05, 3.63) is 47.2 Å². The van der Waals surface area contributed by atoms with Crippen LogP contribution in [-0.2, 0) is 19.3 Å². The van der Waals surface area contributed by atoms with E-state index in [4.69, 9.17) is 11.5 Å². The van der Waals surface area contributed by atoms with Crippen LogP contribution in [-0.4, -0.2) is 9.97 Å². The second kappa shape index (κ2) is 8.37. The summed E-state index contributed by atoms with van der Waals surface area (Å²) in [6.07, 6.45) is 7.44. The summed E-state index contributed by atoms with van der Waals surface area (Å²) in [7, 11) is 0. The van der Waals surface area contributed by atoms with Gasteiger partial charge < -0.3 is 11.5 Å². The largest absolute Gasteiger partial charge is 0.383 e. The molecule has 0 amide bonds. The number of nitrogens with zero attached hydrogens (tertiary/aromatic N) is 2. The third-order valence-corrected chi connectivity index (χ3v) is 3.89. The number of nitrogen functional groups attached to an aromatic ring is 2. The smallest absolute Gasteiger partial charge is 0.222 e. The number of nitrogens with two attached hydrogens (primary N) is 2. The van der Waals surface area contributed by atoms with Crippen molar-refractivity contribution in [2.24, 2.45) is 0 Å². The van der Waals surface area contributed by atoms with Gasteiger partial charge in [0.05, 0.1) is 5.69 Å². The summed E-state index contributed by atoms with van der Waals surface area (Å²) < 4.78 is 0. The number of benzene rings is 1. The molecule has 0 spiro atoms. The number of unbranched alkanes of at least 4 members (excludes halogenated alkanes) is 2. The Hall–Kier alpha value is -2.10. The Bertz CT molecular complexity index is 581. The molecular formula is C18H26N4. The molecular weight excluding hydrogens is 272 g/mol. The molecule has 1 heterocycles. The van der Waals surface area contributed by atoms with E-state index in [9.17, 15) is 0 Å². The molecule has 118 valence electrons. The van der Waals surface area contributed by atoms with Crippen LogP contribution >= 0.6 is 0 Å².